The van der Waals surface area contributed by atoms with Gasteiger partial charge in [-0.05, 0) is 5.41 Å². The van der Waals surface area contributed by atoms with Crippen LogP contribution in [0.4, 0.5) is 0 Å². The van der Waals surface area contributed by atoms with Crippen molar-refractivity contribution in [1.29, 1.82) is 0 Å². The quantitative estimate of drug-likeness (QED) is 0.731. The second-order valence-electron chi connectivity index (χ2n) is 4.66. The third kappa shape index (κ3) is 2.34. The van der Waals surface area contributed by atoms with Gasteiger partial charge in [0.05, 0.1) is 6.20 Å². The lowest BCUT2D eigenvalue weighted by molar-refractivity contribution is 0.386. The maximum Gasteiger partial charge on any atom is 0.295 e. The summed E-state index contributed by atoms with van der Waals surface area (Å²) < 4.78 is 1.39. The number of hydrogen-bond acceptors (Lipinski definition) is 3. The third-order valence-corrected chi connectivity index (χ3v) is 1.94. The Labute approximate surface area is 83.2 Å². The zero-order valence-electron chi connectivity index (χ0n) is 9.03. The zero-order chi connectivity index (χ0) is 10.9. The van der Waals surface area contributed by atoms with E-state index in [-0.39, 0.29) is 16.7 Å². The van der Waals surface area contributed by atoms with Gasteiger partial charge in [0, 0.05) is 13.5 Å². The van der Waals surface area contributed by atoms with Gasteiger partial charge in [-0.15, -0.1) is 0 Å². The second-order valence-corrected chi connectivity index (χ2v) is 4.66. The Bertz CT molecular complexity index is 388. The lowest BCUT2D eigenvalue weighted by atomic mass is 9.92. The fourth-order valence-corrected chi connectivity index (χ4v) is 1.21. The summed E-state index contributed by atoms with van der Waals surface area (Å²) in [6, 6.07) is 0. The minimum Gasteiger partial charge on any atom is -0.502 e. The highest BCUT2D eigenvalue weighted by molar-refractivity contribution is 5.12. The normalized spacial score (nSPS) is 11.7. The molecule has 0 aliphatic rings. The van der Waals surface area contributed by atoms with Gasteiger partial charge in [0.1, 0.15) is 5.82 Å². The molecule has 0 spiro atoms. The van der Waals surface area contributed by atoms with Crippen LogP contribution in [0.2, 0.25) is 0 Å². The Hall–Kier alpha value is -1.32. The molecule has 0 unspecified atom stereocenters. The van der Waals surface area contributed by atoms with E-state index in [4.69, 9.17) is 5.11 Å². The zero-order valence-corrected chi connectivity index (χ0v) is 9.03. The van der Waals surface area contributed by atoms with Gasteiger partial charge in [-0.2, -0.15) is 0 Å². The molecule has 1 rings (SSSR count). The molecule has 0 radical (unpaired) electrons. The largest absolute Gasteiger partial charge is 0.502 e. The smallest absolute Gasteiger partial charge is 0.295 e. The average Bonchev–Trinajstić information content (AvgIpc) is 2.04. The average molecular weight is 196 g/mol. The van der Waals surface area contributed by atoms with E-state index in [0.29, 0.717) is 12.2 Å². The highest BCUT2D eigenvalue weighted by Gasteiger charge is 2.15. The summed E-state index contributed by atoms with van der Waals surface area (Å²) in [5.41, 5.74) is -0.312. The number of hydrogen-bond donors (Lipinski definition) is 1. The second kappa shape index (κ2) is 3.44. The van der Waals surface area contributed by atoms with Crippen LogP contribution in [0.3, 0.4) is 0 Å². The predicted octanol–water partition coefficient (Wildman–Crippen LogP) is 1.07. The van der Waals surface area contributed by atoms with Crippen LogP contribution in [0.1, 0.15) is 26.6 Å². The Kier molecular flexibility index (Phi) is 2.64. The van der Waals surface area contributed by atoms with Crippen LogP contribution in [0, 0.1) is 5.41 Å². The predicted molar refractivity (Wildman–Crippen MR) is 54.3 cm³/mol. The molecule has 0 aliphatic heterocycles. The summed E-state index contributed by atoms with van der Waals surface area (Å²) in [6.07, 6.45) is 1.92. The molecule has 14 heavy (non-hydrogen) atoms. The minimum atomic E-state index is -0.390. The molecular weight excluding hydrogens is 180 g/mol. The monoisotopic (exact) mass is 196 g/mol. The molecule has 0 aliphatic carbocycles. The van der Waals surface area contributed by atoms with E-state index in [1.54, 1.807) is 7.05 Å². The van der Waals surface area contributed by atoms with E-state index in [0.717, 1.165) is 0 Å². The highest BCUT2D eigenvalue weighted by Crippen LogP contribution is 2.18. The summed E-state index contributed by atoms with van der Waals surface area (Å²) in [5, 5.41) is 9.13. The van der Waals surface area contributed by atoms with Crippen LogP contribution >= 0.6 is 0 Å². The molecule has 1 N–H and O–H groups in total. The van der Waals surface area contributed by atoms with E-state index in [9.17, 15) is 4.79 Å². The number of aromatic hydroxyl groups is 1. The Balaban J connectivity index is 3.13. The topological polar surface area (TPSA) is 55.1 Å². The first-order valence-corrected chi connectivity index (χ1v) is 4.55. The molecule has 0 saturated heterocycles. The molecule has 78 valence electrons. The van der Waals surface area contributed by atoms with Crippen molar-refractivity contribution in [3.8, 4) is 5.75 Å². The van der Waals surface area contributed by atoms with E-state index in [1.165, 1.54) is 10.8 Å². The molecule has 4 heteroatoms. The fraction of sp³-hybridized carbons (Fsp3) is 0.600. The van der Waals surface area contributed by atoms with Crippen LogP contribution in [0.15, 0.2) is 11.0 Å². The van der Waals surface area contributed by atoms with Gasteiger partial charge in [0.25, 0.3) is 5.56 Å². The van der Waals surface area contributed by atoms with E-state index in [2.05, 4.69) is 25.8 Å². The molecule has 0 saturated carbocycles. The molecule has 0 bridgehead atoms. The van der Waals surface area contributed by atoms with Gasteiger partial charge < -0.3 is 5.11 Å². The minimum absolute atomic E-state index is 0.0776. The Morgan fingerprint density at radius 3 is 2.57 bits per heavy atom. The van der Waals surface area contributed by atoms with Crippen LogP contribution in [-0.4, -0.2) is 14.7 Å². The SMILES string of the molecule is Cn1c(CC(C)(C)C)ncc(O)c1=O. The molecule has 1 aromatic heterocycles. The summed E-state index contributed by atoms with van der Waals surface area (Å²) in [6.45, 7) is 6.23. The van der Waals surface area contributed by atoms with Gasteiger partial charge in [-0.25, -0.2) is 4.98 Å². The molecule has 1 heterocycles. The van der Waals surface area contributed by atoms with Crippen molar-refractivity contribution in [3.05, 3.63) is 22.4 Å². The van der Waals surface area contributed by atoms with Gasteiger partial charge in [0.2, 0.25) is 0 Å². The summed E-state index contributed by atoms with van der Waals surface area (Å²) in [5.74, 6) is 0.394. The van der Waals surface area contributed by atoms with Crippen molar-refractivity contribution in [3.63, 3.8) is 0 Å². The number of rotatable bonds is 1. The molecule has 0 amide bonds. The van der Waals surface area contributed by atoms with Crippen molar-refractivity contribution < 1.29 is 5.11 Å². The molecule has 1 aromatic rings. The molecule has 4 nitrogen and oxygen atoms in total. The van der Waals surface area contributed by atoms with Crippen LogP contribution in [-0.2, 0) is 13.5 Å². The Morgan fingerprint density at radius 1 is 1.50 bits per heavy atom. The molecular formula is C10H16N2O2. The van der Waals surface area contributed by atoms with E-state index in [1.807, 2.05) is 0 Å². The molecule has 0 aromatic carbocycles. The summed E-state index contributed by atoms with van der Waals surface area (Å²) >= 11 is 0. The van der Waals surface area contributed by atoms with Gasteiger partial charge in [-0.1, -0.05) is 20.8 Å². The first kappa shape index (κ1) is 10.8. The van der Waals surface area contributed by atoms with E-state index >= 15 is 0 Å². The number of nitrogens with zero attached hydrogens (tertiary/aromatic N) is 2. The van der Waals surface area contributed by atoms with E-state index < -0.39 is 0 Å². The number of aromatic nitrogens is 2. The summed E-state index contributed by atoms with van der Waals surface area (Å²) in [4.78, 5) is 15.4. The lowest BCUT2D eigenvalue weighted by Crippen LogP contribution is -2.24. The first-order valence-electron chi connectivity index (χ1n) is 4.55. The van der Waals surface area contributed by atoms with Crippen LogP contribution in [0.25, 0.3) is 0 Å². The van der Waals surface area contributed by atoms with Crippen molar-refractivity contribution in [2.75, 3.05) is 0 Å². The fourth-order valence-electron chi connectivity index (χ4n) is 1.21. The molecule has 0 atom stereocenters. The van der Waals surface area contributed by atoms with Crippen molar-refractivity contribution in [1.82, 2.24) is 9.55 Å². The third-order valence-electron chi connectivity index (χ3n) is 1.94. The Morgan fingerprint density at radius 2 is 2.07 bits per heavy atom. The standard InChI is InChI=1S/C10H16N2O2/c1-10(2,3)5-8-11-6-7(13)9(14)12(8)4/h6,13H,5H2,1-4H3. The van der Waals surface area contributed by atoms with Gasteiger partial charge >= 0.3 is 0 Å². The van der Waals surface area contributed by atoms with Crippen LogP contribution < -0.4 is 5.56 Å². The highest BCUT2D eigenvalue weighted by atomic mass is 16.3. The maximum atomic E-state index is 11.3. The van der Waals surface area contributed by atoms with Gasteiger partial charge in [0.15, 0.2) is 5.75 Å². The van der Waals surface area contributed by atoms with Crippen molar-refractivity contribution >= 4 is 0 Å². The van der Waals surface area contributed by atoms with Crippen LogP contribution in [0.5, 0.6) is 5.75 Å². The van der Waals surface area contributed by atoms with Crippen molar-refractivity contribution in [2.45, 2.75) is 27.2 Å². The van der Waals surface area contributed by atoms with Crippen molar-refractivity contribution in [2.24, 2.45) is 12.5 Å². The summed E-state index contributed by atoms with van der Waals surface area (Å²) in [7, 11) is 1.62. The maximum absolute atomic E-state index is 11.3. The first-order chi connectivity index (χ1) is 6.31. The molecule has 0 fully saturated rings. The lowest BCUT2D eigenvalue weighted by Gasteiger charge is -2.18. The van der Waals surface area contributed by atoms with Gasteiger partial charge in [-0.3, -0.25) is 9.36 Å².